The Morgan fingerprint density at radius 1 is 1.35 bits per heavy atom. The molecule has 2 N–H and O–H groups in total. The summed E-state index contributed by atoms with van der Waals surface area (Å²) >= 11 is 0. The first kappa shape index (κ1) is 18.4. The van der Waals surface area contributed by atoms with E-state index in [0.29, 0.717) is 24.2 Å². The maximum atomic E-state index is 13.7. The van der Waals surface area contributed by atoms with E-state index in [2.05, 4.69) is 15.5 Å². The zero-order chi connectivity index (χ0) is 18.7. The maximum Gasteiger partial charge on any atom is 0.322 e. The fraction of sp³-hybridized carbons (Fsp3) is 0.500. The van der Waals surface area contributed by atoms with Gasteiger partial charge in [-0.25, -0.2) is 9.18 Å². The summed E-state index contributed by atoms with van der Waals surface area (Å²) in [5, 5.41) is 10.3. The van der Waals surface area contributed by atoms with Gasteiger partial charge in [0, 0.05) is 23.5 Å². The molecule has 6 heteroatoms. The number of aromatic nitrogens is 2. The van der Waals surface area contributed by atoms with Crippen LogP contribution in [-0.2, 0) is 6.42 Å². The van der Waals surface area contributed by atoms with Crippen LogP contribution in [0.2, 0.25) is 0 Å². The quantitative estimate of drug-likeness (QED) is 0.822. The molecule has 5 nitrogen and oxygen atoms in total. The maximum absolute atomic E-state index is 13.7. The number of likely N-dealkylation sites (tertiary alicyclic amines) is 1. The van der Waals surface area contributed by atoms with E-state index >= 15 is 0 Å². The van der Waals surface area contributed by atoms with E-state index in [1.807, 2.05) is 25.7 Å². The second-order valence-corrected chi connectivity index (χ2v) is 7.00. The number of rotatable bonds is 3. The molecule has 1 atom stereocenters. The number of nitrogens with one attached hydrogen (secondary N) is 2. The van der Waals surface area contributed by atoms with Gasteiger partial charge in [-0.15, -0.1) is 0 Å². The first-order valence-corrected chi connectivity index (χ1v) is 9.38. The molecule has 1 unspecified atom stereocenters. The normalized spacial score (nSPS) is 17.8. The minimum atomic E-state index is -0.234. The predicted octanol–water partition coefficient (Wildman–Crippen LogP) is 4.88. The van der Waals surface area contributed by atoms with E-state index in [1.165, 1.54) is 6.07 Å². The first-order valence-electron chi connectivity index (χ1n) is 9.38. The zero-order valence-electron chi connectivity index (χ0n) is 15.7. The van der Waals surface area contributed by atoms with E-state index in [-0.39, 0.29) is 17.9 Å². The van der Waals surface area contributed by atoms with Crippen LogP contribution >= 0.6 is 0 Å². The van der Waals surface area contributed by atoms with Gasteiger partial charge in [0.25, 0.3) is 0 Å². The molecule has 26 heavy (non-hydrogen) atoms. The Morgan fingerprint density at radius 2 is 2.15 bits per heavy atom. The van der Waals surface area contributed by atoms with Gasteiger partial charge in [0.05, 0.1) is 11.7 Å². The van der Waals surface area contributed by atoms with Crippen molar-refractivity contribution < 1.29 is 9.18 Å². The van der Waals surface area contributed by atoms with Crippen molar-refractivity contribution in [1.82, 2.24) is 15.1 Å². The van der Waals surface area contributed by atoms with Gasteiger partial charge >= 0.3 is 6.03 Å². The molecule has 0 bridgehead atoms. The highest BCUT2D eigenvalue weighted by Crippen LogP contribution is 2.33. The van der Waals surface area contributed by atoms with Gasteiger partial charge in [-0.3, -0.25) is 5.10 Å². The molecular weight excluding hydrogens is 331 g/mol. The van der Waals surface area contributed by atoms with Crippen LogP contribution in [0, 0.1) is 19.7 Å². The predicted molar refractivity (Wildman–Crippen MR) is 101 cm³/mol. The molecule has 0 saturated carbocycles. The molecule has 0 radical (unpaired) electrons. The van der Waals surface area contributed by atoms with Crippen LogP contribution in [0.5, 0.6) is 0 Å². The first-order chi connectivity index (χ1) is 12.5. The molecule has 0 aliphatic carbocycles. The third-order valence-corrected chi connectivity index (χ3v) is 5.21. The Bertz CT molecular complexity index is 767. The summed E-state index contributed by atoms with van der Waals surface area (Å²) in [4.78, 5) is 14.9. The number of aromatic amines is 1. The largest absolute Gasteiger partial charge is 0.322 e. The fourth-order valence-electron chi connectivity index (χ4n) is 3.82. The van der Waals surface area contributed by atoms with Crippen molar-refractivity contribution in [1.29, 1.82) is 0 Å². The van der Waals surface area contributed by atoms with Crippen molar-refractivity contribution >= 4 is 11.7 Å². The Morgan fingerprint density at radius 3 is 2.85 bits per heavy atom. The van der Waals surface area contributed by atoms with Gasteiger partial charge in [0.15, 0.2) is 0 Å². The summed E-state index contributed by atoms with van der Waals surface area (Å²) in [5.41, 5.74) is 4.33. The van der Waals surface area contributed by atoms with Crippen LogP contribution in [0.25, 0.3) is 0 Å². The standard InChI is InChI=1S/C20H27FN4O/c1-4-15-12-16(9-10-17(15)21)22-20(26)25-11-7-5-6-8-18(25)19-13(2)23-24-14(19)3/h9-10,12,18H,4-8,11H2,1-3H3,(H,22,26)(H,23,24). The number of nitrogens with zero attached hydrogens (tertiary/aromatic N) is 2. The van der Waals surface area contributed by atoms with Crippen LogP contribution < -0.4 is 5.32 Å². The Kier molecular flexibility index (Phi) is 5.59. The van der Waals surface area contributed by atoms with Crippen LogP contribution in [0.4, 0.5) is 14.9 Å². The Labute approximate surface area is 154 Å². The summed E-state index contributed by atoms with van der Waals surface area (Å²) in [6.45, 7) is 6.60. The van der Waals surface area contributed by atoms with Crippen molar-refractivity contribution in [3.63, 3.8) is 0 Å². The lowest BCUT2D eigenvalue weighted by Gasteiger charge is -2.30. The Hall–Kier alpha value is -2.37. The average molecular weight is 358 g/mol. The summed E-state index contributed by atoms with van der Waals surface area (Å²) < 4.78 is 13.7. The van der Waals surface area contributed by atoms with Crippen LogP contribution in [0.1, 0.15) is 61.2 Å². The number of amides is 2. The van der Waals surface area contributed by atoms with E-state index in [4.69, 9.17) is 0 Å². The zero-order valence-corrected chi connectivity index (χ0v) is 15.7. The fourth-order valence-corrected chi connectivity index (χ4v) is 3.82. The van der Waals surface area contributed by atoms with E-state index in [9.17, 15) is 9.18 Å². The molecule has 1 fully saturated rings. The number of halogens is 1. The van der Waals surface area contributed by atoms with Gasteiger partial charge in [-0.2, -0.15) is 5.10 Å². The SMILES string of the molecule is CCc1cc(NC(=O)N2CCCCCC2c2c(C)n[nH]c2C)ccc1F. The van der Waals surface area contributed by atoms with Gasteiger partial charge < -0.3 is 10.2 Å². The Balaban J connectivity index is 1.85. The molecule has 3 rings (SSSR count). The number of H-pyrrole nitrogens is 1. The number of carbonyl (C=O) groups is 1. The molecule has 1 aromatic carbocycles. The summed E-state index contributed by atoms with van der Waals surface area (Å²) in [6.07, 6.45) is 4.72. The van der Waals surface area contributed by atoms with E-state index in [0.717, 1.165) is 42.6 Å². The van der Waals surface area contributed by atoms with Gasteiger partial charge in [-0.05, 0) is 56.9 Å². The second kappa shape index (κ2) is 7.89. The molecular formula is C20H27FN4O. The molecule has 0 spiro atoms. The van der Waals surface area contributed by atoms with Crippen LogP contribution in [-0.4, -0.2) is 27.7 Å². The molecule has 140 valence electrons. The number of hydrogen-bond donors (Lipinski definition) is 2. The lowest BCUT2D eigenvalue weighted by molar-refractivity contribution is 0.189. The lowest BCUT2D eigenvalue weighted by Crippen LogP contribution is -2.38. The molecule has 2 amide bonds. The van der Waals surface area contributed by atoms with Crippen molar-refractivity contribution in [3.8, 4) is 0 Å². The van der Waals surface area contributed by atoms with Crippen LogP contribution in [0.15, 0.2) is 18.2 Å². The number of carbonyl (C=O) groups excluding carboxylic acids is 1. The van der Waals surface area contributed by atoms with Gasteiger partial charge in [0.2, 0.25) is 0 Å². The average Bonchev–Trinajstić information content (AvgIpc) is 2.83. The van der Waals surface area contributed by atoms with Crippen molar-refractivity contribution in [2.24, 2.45) is 0 Å². The third-order valence-electron chi connectivity index (χ3n) is 5.21. The highest BCUT2D eigenvalue weighted by Gasteiger charge is 2.30. The monoisotopic (exact) mass is 358 g/mol. The van der Waals surface area contributed by atoms with Crippen molar-refractivity contribution in [2.45, 2.75) is 58.9 Å². The summed E-state index contributed by atoms with van der Waals surface area (Å²) in [7, 11) is 0. The summed E-state index contributed by atoms with van der Waals surface area (Å²) in [5.74, 6) is -0.234. The van der Waals surface area contributed by atoms with Crippen molar-refractivity contribution in [3.05, 3.63) is 46.5 Å². The van der Waals surface area contributed by atoms with E-state index < -0.39 is 0 Å². The minimum Gasteiger partial charge on any atom is -0.317 e. The number of benzene rings is 1. The molecule has 1 saturated heterocycles. The number of aryl methyl sites for hydroxylation is 3. The van der Waals surface area contributed by atoms with E-state index in [1.54, 1.807) is 12.1 Å². The van der Waals surface area contributed by atoms with Gasteiger partial charge in [0.1, 0.15) is 5.82 Å². The smallest absolute Gasteiger partial charge is 0.317 e. The highest BCUT2D eigenvalue weighted by molar-refractivity contribution is 5.89. The minimum absolute atomic E-state index is 0.0161. The highest BCUT2D eigenvalue weighted by atomic mass is 19.1. The lowest BCUT2D eigenvalue weighted by atomic mass is 9.99. The third kappa shape index (κ3) is 3.74. The second-order valence-electron chi connectivity index (χ2n) is 7.00. The van der Waals surface area contributed by atoms with Crippen molar-refractivity contribution in [2.75, 3.05) is 11.9 Å². The molecule has 2 heterocycles. The molecule has 1 aliphatic heterocycles. The molecule has 1 aliphatic rings. The summed E-state index contributed by atoms with van der Waals surface area (Å²) in [6, 6.07) is 4.63. The topological polar surface area (TPSA) is 61.0 Å². The number of urea groups is 1. The molecule has 1 aromatic heterocycles. The molecule has 2 aromatic rings. The number of hydrogen-bond acceptors (Lipinski definition) is 2. The number of anilines is 1. The van der Waals surface area contributed by atoms with Crippen LogP contribution in [0.3, 0.4) is 0 Å². The van der Waals surface area contributed by atoms with Gasteiger partial charge in [-0.1, -0.05) is 19.8 Å².